The molecule has 0 saturated carbocycles. The minimum Gasteiger partial charge on any atom is -0.485 e. The van der Waals surface area contributed by atoms with Gasteiger partial charge in [-0.15, -0.1) is 0 Å². The molecule has 0 radical (unpaired) electrons. The van der Waals surface area contributed by atoms with Gasteiger partial charge < -0.3 is 14.4 Å². The zero-order valence-corrected chi connectivity index (χ0v) is 18.5. The van der Waals surface area contributed by atoms with Crippen LogP contribution in [0.5, 0.6) is 5.75 Å². The predicted octanol–water partition coefficient (Wildman–Crippen LogP) is 3.98. The van der Waals surface area contributed by atoms with Crippen molar-refractivity contribution in [2.45, 2.75) is 33.2 Å². The molecule has 1 heterocycles. The zero-order valence-electron chi connectivity index (χ0n) is 18.5. The van der Waals surface area contributed by atoms with Crippen LogP contribution in [0.3, 0.4) is 0 Å². The largest absolute Gasteiger partial charge is 0.485 e. The highest BCUT2D eigenvalue weighted by molar-refractivity contribution is 5.31. The molecule has 1 aromatic rings. The fourth-order valence-electron chi connectivity index (χ4n) is 2.71. The smallest absolute Gasteiger partial charge is 0.272 e. The average molecular weight is 444 g/mol. The number of likely N-dealkylation sites (N-methyl/N-ethyl adjacent to an activating group) is 1. The van der Waals surface area contributed by atoms with Crippen molar-refractivity contribution < 1.29 is 27.5 Å². The molecule has 0 amide bonds. The first-order chi connectivity index (χ1) is 14.8. The highest BCUT2D eigenvalue weighted by Gasteiger charge is 2.13. The lowest BCUT2D eigenvalue weighted by Gasteiger charge is -2.26. The van der Waals surface area contributed by atoms with Crippen molar-refractivity contribution in [3.8, 4) is 5.75 Å². The first-order valence-electron chi connectivity index (χ1n) is 10.3. The molecule has 2 N–H and O–H groups in total. The molecule has 0 fully saturated rings. The molecule has 1 aromatic carbocycles. The molecular formula is C22H32F3N3O3. The summed E-state index contributed by atoms with van der Waals surface area (Å²) in [6, 6.07) is 4.08. The molecule has 0 aliphatic carbocycles. The van der Waals surface area contributed by atoms with E-state index in [4.69, 9.17) is 14.3 Å². The summed E-state index contributed by atoms with van der Waals surface area (Å²) < 4.78 is 48.9. The highest BCUT2D eigenvalue weighted by atomic mass is 19.3. The fourth-order valence-corrected chi connectivity index (χ4v) is 2.71. The van der Waals surface area contributed by atoms with Crippen molar-refractivity contribution >= 4 is 0 Å². The number of alkyl halides is 2. The molecule has 2 rings (SSSR count). The highest BCUT2D eigenvalue weighted by Crippen LogP contribution is 2.22. The molecule has 6 nitrogen and oxygen atoms in total. The first-order valence-corrected chi connectivity index (χ1v) is 10.3. The zero-order chi connectivity index (χ0) is 22.8. The van der Waals surface area contributed by atoms with Gasteiger partial charge >= 0.3 is 0 Å². The van der Waals surface area contributed by atoms with Crippen molar-refractivity contribution in [1.82, 2.24) is 15.7 Å². The van der Waals surface area contributed by atoms with E-state index in [1.54, 1.807) is 6.07 Å². The van der Waals surface area contributed by atoms with E-state index in [9.17, 15) is 13.2 Å². The monoisotopic (exact) mass is 443 g/mol. The minimum absolute atomic E-state index is 0.185. The van der Waals surface area contributed by atoms with Crippen LogP contribution in [0.15, 0.2) is 41.7 Å². The van der Waals surface area contributed by atoms with Crippen molar-refractivity contribution in [3.05, 3.63) is 53.1 Å². The van der Waals surface area contributed by atoms with Crippen molar-refractivity contribution in [1.29, 1.82) is 0 Å². The standard InChI is InChI=1S/C22H32F3N3O3/c1-15(2)11-31-27-22-9-17(7-8-28(22)4)12-29-14-26-16(3)18-5-6-20(19(23)10-18)30-13-21(24)25/h5-7,9-10,15-16,21,26-27H,8,11-14H2,1-4H3. The Kier molecular flexibility index (Phi) is 10.2. The summed E-state index contributed by atoms with van der Waals surface area (Å²) in [7, 11) is 1.97. The normalized spacial score (nSPS) is 15.2. The number of hydrogen-bond donors (Lipinski definition) is 2. The molecule has 0 saturated heterocycles. The predicted molar refractivity (Wildman–Crippen MR) is 113 cm³/mol. The Balaban J connectivity index is 1.76. The molecule has 1 atom stereocenters. The third-order valence-electron chi connectivity index (χ3n) is 4.54. The summed E-state index contributed by atoms with van der Waals surface area (Å²) in [4.78, 5) is 7.52. The van der Waals surface area contributed by atoms with Crippen LogP contribution in [-0.2, 0) is 9.57 Å². The van der Waals surface area contributed by atoms with Gasteiger partial charge in [0, 0.05) is 19.6 Å². The van der Waals surface area contributed by atoms with E-state index in [-0.39, 0.29) is 18.5 Å². The van der Waals surface area contributed by atoms with Gasteiger partial charge in [-0.05, 0) is 42.2 Å². The number of hydrogen-bond acceptors (Lipinski definition) is 6. The molecule has 9 heteroatoms. The van der Waals surface area contributed by atoms with Crippen molar-refractivity contribution in [2.24, 2.45) is 5.92 Å². The number of benzene rings is 1. The third kappa shape index (κ3) is 8.80. The molecule has 0 bridgehead atoms. The Morgan fingerprint density at radius 2 is 1.94 bits per heavy atom. The van der Waals surface area contributed by atoms with Crippen molar-refractivity contribution in [2.75, 3.05) is 40.1 Å². The molecule has 31 heavy (non-hydrogen) atoms. The number of nitrogens with zero attached hydrogens (tertiary/aromatic N) is 1. The second kappa shape index (κ2) is 12.6. The topological polar surface area (TPSA) is 55.0 Å². The molecule has 1 unspecified atom stereocenters. The van der Waals surface area contributed by atoms with Gasteiger partial charge in [-0.3, -0.25) is 15.6 Å². The Morgan fingerprint density at radius 1 is 1.16 bits per heavy atom. The van der Waals surface area contributed by atoms with Gasteiger partial charge in [-0.25, -0.2) is 13.2 Å². The second-order valence-corrected chi connectivity index (χ2v) is 7.81. The van der Waals surface area contributed by atoms with E-state index in [1.165, 1.54) is 12.1 Å². The second-order valence-electron chi connectivity index (χ2n) is 7.81. The number of nitrogens with one attached hydrogen (secondary N) is 2. The van der Waals surface area contributed by atoms with E-state index < -0.39 is 18.8 Å². The van der Waals surface area contributed by atoms with E-state index in [0.717, 1.165) is 17.9 Å². The molecule has 174 valence electrons. The Bertz CT molecular complexity index is 757. The summed E-state index contributed by atoms with van der Waals surface area (Å²) in [5.74, 6) is 0.445. The summed E-state index contributed by atoms with van der Waals surface area (Å²) in [6.45, 7) is 7.22. The SMILES string of the molecule is CC(C)CONC1=CC(COCNC(C)c2ccc(OCC(F)F)c(F)c2)=CCN1C. The van der Waals surface area contributed by atoms with Gasteiger partial charge in [0.15, 0.2) is 11.6 Å². The van der Waals surface area contributed by atoms with Crippen molar-refractivity contribution in [3.63, 3.8) is 0 Å². The number of halogens is 3. The van der Waals surface area contributed by atoms with Crippen LogP contribution in [0.25, 0.3) is 0 Å². The maximum Gasteiger partial charge on any atom is 0.272 e. The van der Waals surface area contributed by atoms with E-state index in [1.807, 2.05) is 24.9 Å². The van der Waals surface area contributed by atoms with Crippen LogP contribution in [0.4, 0.5) is 13.2 Å². The summed E-state index contributed by atoms with van der Waals surface area (Å²) in [5, 5.41) is 3.15. The lowest BCUT2D eigenvalue weighted by Crippen LogP contribution is -2.32. The Labute approximate surface area is 182 Å². The van der Waals surface area contributed by atoms with E-state index in [0.29, 0.717) is 24.7 Å². The van der Waals surface area contributed by atoms with Gasteiger partial charge in [0.25, 0.3) is 6.43 Å². The molecule has 1 aliphatic heterocycles. The third-order valence-corrected chi connectivity index (χ3v) is 4.54. The van der Waals surface area contributed by atoms with E-state index >= 15 is 0 Å². The summed E-state index contributed by atoms with van der Waals surface area (Å²) in [5.41, 5.74) is 4.66. The number of ether oxygens (including phenoxy) is 2. The minimum atomic E-state index is -2.65. The first kappa shape index (κ1) is 25.0. The number of hydroxylamine groups is 1. The lowest BCUT2D eigenvalue weighted by atomic mass is 10.1. The summed E-state index contributed by atoms with van der Waals surface area (Å²) >= 11 is 0. The van der Waals surface area contributed by atoms with Crippen LogP contribution >= 0.6 is 0 Å². The van der Waals surface area contributed by atoms with Gasteiger partial charge in [0.1, 0.15) is 12.4 Å². The lowest BCUT2D eigenvalue weighted by molar-refractivity contribution is 0.0276. The summed E-state index contributed by atoms with van der Waals surface area (Å²) in [6.07, 6.45) is 1.40. The molecule has 1 aliphatic rings. The van der Waals surface area contributed by atoms with Crippen LogP contribution in [0.2, 0.25) is 0 Å². The average Bonchev–Trinajstić information content (AvgIpc) is 2.71. The van der Waals surface area contributed by atoms with Gasteiger partial charge in [-0.2, -0.15) is 0 Å². The quantitative estimate of drug-likeness (QED) is 0.273. The van der Waals surface area contributed by atoms with Crippen LogP contribution in [0, 0.1) is 11.7 Å². The van der Waals surface area contributed by atoms with Crippen LogP contribution in [-0.4, -0.2) is 51.5 Å². The van der Waals surface area contributed by atoms with Gasteiger partial charge in [0.2, 0.25) is 0 Å². The van der Waals surface area contributed by atoms with E-state index in [2.05, 4.69) is 30.7 Å². The maximum atomic E-state index is 14.0. The van der Waals surface area contributed by atoms with Crippen LogP contribution in [0.1, 0.15) is 32.4 Å². The number of rotatable bonds is 13. The Morgan fingerprint density at radius 3 is 2.61 bits per heavy atom. The van der Waals surface area contributed by atoms with Gasteiger partial charge in [0.05, 0.1) is 19.9 Å². The fraction of sp³-hybridized carbons (Fsp3) is 0.545. The van der Waals surface area contributed by atoms with Crippen LogP contribution < -0.4 is 15.5 Å². The van der Waals surface area contributed by atoms with Gasteiger partial charge in [-0.1, -0.05) is 26.0 Å². The molecular weight excluding hydrogens is 411 g/mol. The molecule has 0 aromatic heterocycles. The maximum absolute atomic E-state index is 14.0. The molecule has 0 spiro atoms. The Hall–Kier alpha value is -2.23.